The second-order valence-corrected chi connectivity index (χ2v) is 6.81. The van der Waals surface area contributed by atoms with Gasteiger partial charge in [-0.2, -0.15) is 0 Å². The third kappa shape index (κ3) is 5.22. The average Bonchev–Trinajstić information content (AvgIpc) is 2.75. The SMILES string of the molecule is CCOc1ccc(C(=O)NC(=S)Nc2ccccc2N2CCOCC2)cc1[N+](=O)[O-]. The second-order valence-electron chi connectivity index (χ2n) is 6.40. The number of benzene rings is 2. The molecule has 3 rings (SSSR count). The van der Waals surface area contributed by atoms with E-state index in [9.17, 15) is 14.9 Å². The fraction of sp³-hybridized carbons (Fsp3) is 0.300. The van der Waals surface area contributed by atoms with E-state index in [2.05, 4.69) is 15.5 Å². The smallest absolute Gasteiger partial charge is 0.311 e. The molecular formula is C20H22N4O5S. The minimum Gasteiger partial charge on any atom is -0.487 e. The number of rotatable bonds is 6. The van der Waals surface area contributed by atoms with Crippen molar-refractivity contribution < 1.29 is 19.2 Å². The lowest BCUT2D eigenvalue weighted by Gasteiger charge is -2.30. The molecule has 0 saturated carbocycles. The van der Waals surface area contributed by atoms with E-state index >= 15 is 0 Å². The summed E-state index contributed by atoms with van der Waals surface area (Å²) in [5.74, 6) is -0.443. The zero-order valence-corrected chi connectivity index (χ0v) is 17.2. The number of morpholine rings is 1. The van der Waals surface area contributed by atoms with Crippen molar-refractivity contribution in [1.82, 2.24) is 5.32 Å². The predicted molar refractivity (Wildman–Crippen MR) is 117 cm³/mol. The summed E-state index contributed by atoms with van der Waals surface area (Å²) in [4.78, 5) is 25.4. The summed E-state index contributed by atoms with van der Waals surface area (Å²) in [5, 5.41) is 17.0. The van der Waals surface area contributed by atoms with Gasteiger partial charge in [-0.15, -0.1) is 0 Å². The number of amides is 1. The number of hydrogen-bond acceptors (Lipinski definition) is 7. The zero-order chi connectivity index (χ0) is 21.5. The van der Waals surface area contributed by atoms with Gasteiger partial charge in [0.25, 0.3) is 5.91 Å². The Labute approximate surface area is 179 Å². The van der Waals surface area contributed by atoms with Crippen LogP contribution in [0.1, 0.15) is 17.3 Å². The van der Waals surface area contributed by atoms with Crippen LogP contribution in [0.3, 0.4) is 0 Å². The van der Waals surface area contributed by atoms with Crippen LogP contribution >= 0.6 is 12.2 Å². The maximum Gasteiger partial charge on any atom is 0.311 e. The number of carbonyl (C=O) groups is 1. The molecule has 1 fully saturated rings. The number of anilines is 2. The number of nitrogens with one attached hydrogen (secondary N) is 2. The number of para-hydroxylation sites is 2. The molecule has 158 valence electrons. The van der Waals surface area contributed by atoms with Gasteiger partial charge in [0.2, 0.25) is 0 Å². The predicted octanol–water partition coefficient (Wildman–Crippen LogP) is 2.96. The third-order valence-electron chi connectivity index (χ3n) is 4.45. The summed E-state index contributed by atoms with van der Waals surface area (Å²) in [5.41, 5.74) is 1.54. The van der Waals surface area contributed by atoms with Crippen molar-refractivity contribution in [3.63, 3.8) is 0 Å². The molecule has 0 atom stereocenters. The van der Waals surface area contributed by atoms with Gasteiger partial charge in [0.1, 0.15) is 0 Å². The molecule has 30 heavy (non-hydrogen) atoms. The van der Waals surface area contributed by atoms with E-state index in [1.807, 2.05) is 24.3 Å². The molecule has 0 spiro atoms. The summed E-state index contributed by atoms with van der Waals surface area (Å²) in [7, 11) is 0. The molecule has 9 nitrogen and oxygen atoms in total. The van der Waals surface area contributed by atoms with Crippen molar-refractivity contribution >= 4 is 40.3 Å². The van der Waals surface area contributed by atoms with E-state index in [1.165, 1.54) is 18.2 Å². The topological polar surface area (TPSA) is 106 Å². The number of hydrogen-bond donors (Lipinski definition) is 2. The quantitative estimate of drug-likeness (QED) is 0.409. The van der Waals surface area contributed by atoms with E-state index in [0.29, 0.717) is 13.2 Å². The average molecular weight is 430 g/mol. The molecule has 2 N–H and O–H groups in total. The molecule has 1 aliphatic rings. The van der Waals surface area contributed by atoms with Gasteiger partial charge in [-0.25, -0.2) is 0 Å². The van der Waals surface area contributed by atoms with Crippen LogP contribution in [0.5, 0.6) is 5.75 Å². The van der Waals surface area contributed by atoms with E-state index in [4.69, 9.17) is 21.7 Å². The normalized spacial score (nSPS) is 13.4. The summed E-state index contributed by atoms with van der Waals surface area (Å²) < 4.78 is 10.6. The summed E-state index contributed by atoms with van der Waals surface area (Å²) in [6, 6.07) is 11.7. The van der Waals surface area contributed by atoms with Crippen LogP contribution in [-0.2, 0) is 4.74 Å². The molecule has 1 heterocycles. The molecular weight excluding hydrogens is 408 g/mol. The van der Waals surface area contributed by atoms with Crippen LogP contribution in [0.15, 0.2) is 42.5 Å². The van der Waals surface area contributed by atoms with Crippen molar-refractivity contribution in [3.05, 3.63) is 58.1 Å². The Morgan fingerprint density at radius 3 is 2.70 bits per heavy atom. The maximum absolute atomic E-state index is 12.5. The van der Waals surface area contributed by atoms with Gasteiger partial charge in [-0.1, -0.05) is 12.1 Å². The number of ether oxygens (including phenoxy) is 2. The summed E-state index contributed by atoms with van der Waals surface area (Å²) >= 11 is 5.28. The van der Waals surface area contributed by atoms with Crippen LogP contribution in [-0.4, -0.2) is 48.9 Å². The van der Waals surface area contributed by atoms with Crippen LogP contribution in [0, 0.1) is 10.1 Å². The van der Waals surface area contributed by atoms with E-state index < -0.39 is 10.8 Å². The molecule has 2 aromatic rings. The lowest BCUT2D eigenvalue weighted by molar-refractivity contribution is -0.385. The first-order valence-corrected chi connectivity index (χ1v) is 9.85. The highest BCUT2D eigenvalue weighted by molar-refractivity contribution is 7.80. The van der Waals surface area contributed by atoms with E-state index in [1.54, 1.807) is 6.92 Å². The molecule has 0 unspecified atom stereocenters. The lowest BCUT2D eigenvalue weighted by Crippen LogP contribution is -2.38. The Hall–Kier alpha value is -3.24. The van der Waals surface area contributed by atoms with Crippen molar-refractivity contribution in [2.75, 3.05) is 43.1 Å². The highest BCUT2D eigenvalue weighted by Gasteiger charge is 2.20. The molecule has 0 radical (unpaired) electrons. The van der Waals surface area contributed by atoms with Gasteiger partial charge in [0.15, 0.2) is 10.9 Å². The van der Waals surface area contributed by atoms with Crippen molar-refractivity contribution in [2.45, 2.75) is 6.92 Å². The monoisotopic (exact) mass is 430 g/mol. The highest BCUT2D eigenvalue weighted by atomic mass is 32.1. The Bertz CT molecular complexity index is 947. The molecule has 1 amide bonds. The largest absolute Gasteiger partial charge is 0.487 e. The second kappa shape index (κ2) is 9.99. The summed E-state index contributed by atoms with van der Waals surface area (Å²) in [6.45, 7) is 4.81. The van der Waals surface area contributed by atoms with E-state index in [-0.39, 0.29) is 28.7 Å². The fourth-order valence-electron chi connectivity index (χ4n) is 3.07. The van der Waals surface area contributed by atoms with Gasteiger partial charge in [-0.3, -0.25) is 20.2 Å². The number of nitrogens with zero attached hydrogens (tertiary/aromatic N) is 2. The molecule has 2 aromatic carbocycles. The molecule has 0 aliphatic carbocycles. The molecule has 0 bridgehead atoms. The molecule has 1 aliphatic heterocycles. The van der Waals surface area contributed by atoms with Gasteiger partial charge in [-0.05, 0) is 43.4 Å². The number of nitro groups is 1. The Morgan fingerprint density at radius 1 is 1.27 bits per heavy atom. The number of carbonyl (C=O) groups excluding carboxylic acids is 1. The Balaban J connectivity index is 1.70. The van der Waals surface area contributed by atoms with Crippen LogP contribution < -0.4 is 20.3 Å². The zero-order valence-electron chi connectivity index (χ0n) is 16.4. The lowest BCUT2D eigenvalue weighted by atomic mass is 10.1. The highest BCUT2D eigenvalue weighted by Crippen LogP contribution is 2.28. The minimum absolute atomic E-state index is 0.0947. The van der Waals surface area contributed by atoms with Gasteiger partial charge >= 0.3 is 5.69 Å². The number of nitro benzene ring substituents is 1. The first-order valence-electron chi connectivity index (χ1n) is 9.45. The Kier molecular flexibility index (Phi) is 7.15. The van der Waals surface area contributed by atoms with Crippen molar-refractivity contribution in [2.24, 2.45) is 0 Å². The number of thiocarbonyl (C=S) groups is 1. The molecule has 10 heteroatoms. The van der Waals surface area contributed by atoms with Crippen molar-refractivity contribution in [3.8, 4) is 5.75 Å². The fourth-order valence-corrected chi connectivity index (χ4v) is 3.27. The molecule has 1 saturated heterocycles. The maximum atomic E-state index is 12.5. The third-order valence-corrected chi connectivity index (χ3v) is 4.65. The summed E-state index contributed by atoms with van der Waals surface area (Å²) in [6.07, 6.45) is 0. The van der Waals surface area contributed by atoms with Crippen LogP contribution in [0.2, 0.25) is 0 Å². The van der Waals surface area contributed by atoms with Gasteiger partial charge in [0, 0.05) is 24.7 Å². The van der Waals surface area contributed by atoms with Crippen molar-refractivity contribution in [1.29, 1.82) is 0 Å². The van der Waals surface area contributed by atoms with E-state index in [0.717, 1.165) is 24.5 Å². The van der Waals surface area contributed by atoms with Gasteiger partial charge in [0.05, 0.1) is 36.1 Å². The molecule has 0 aromatic heterocycles. The minimum atomic E-state index is -0.586. The van der Waals surface area contributed by atoms with Gasteiger partial charge < -0.3 is 19.7 Å². The van der Waals surface area contributed by atoms with Crippen LogP contribution in [0.4, 0.5) is 17.1 Å². The standard InChI is InChI=1S/C20H22N4O5S/c1-2-29-18-8-7-14(13-17(18)24(26)27)19(25)22-20(30)21-15-5-3-4-6-16(15)23-9-11-28-12-10-23/h3-8,13H,2,9-12H2,1H3,(H2,21,22,25,30). The first-order chi connectivity index (χ1) is 14.5. The Morgan fingerprint density at radius 2 is 2.00 bits per heavy atom. The van der Waals surface area contributed by atoms with Crippen LogP contribution in [0.25, 0.3) is 0 Å². The first kappa shape index (κ1) is 21.5.